The van der Waals surface area contributed by atoms with Gasteiger partial charge in [-0.2, -0.15) is 0 Å². The van der Waals surface area contributed by atoms with Crippen molar-refractivity contribution < 1.29 is 9.90 Å². The largest absolute Gasteiger partial charge is 0.387 e. The van der Waals surface area contributed by atoms with Crippen molar-refractivity contribution >= 4 is 11.6 Å². The van der Waals surface area contributed by atoms with E-state index in [4.69, 9.17) is 0 Å². The van der Waals surface area contributed by atoms with Gasteiger partial charge in [0.1, 0.15) is 0 Å². The third kappa shape index (κ3) is 3.47. The summed E-state index contributed by atoms with van der Waals surface area (Å²) < 4.78 is 0. The van der Waals surface area contributed by atoms with Crippen molar-refractivity contribution in [2.45, 2.75) is 25.4 Å². The molecule has 1 amide bonds. The summed E-state index contributed by atoms with van der Waals surface area (Å²) in [5.74, 6) is 0.249. The maximum absolute atomic E-state index is 11.7. The lowest BCUT2D eigenvalue weighted by Gasteiger charge is -2.24. The molecule has 19 heavy (non-hydrogen) atoms. The van der Waals surface area contributed by atoms with Crippen LogP contribution in [0.3, 0.4) is 0 Å². The van der Waals surface area contributed by atoms with Gasteiger partial charge in [-0.15, -0.1) is 0 Å². The fourth-order valence-electron chi connectivity index (χ4n) is 2.12. The molecule has 1 fully saturated rings. The van der Waals surface area contributed by atoms with Crippen molar-refractivity contribution in [1.82, 2.24) is 5.32 Å². The van der Waals surface area contributed by atoms with Gasteiger partial charge in [-0.1, -0.05) is 18.6 Å². The quantitative estimate of drug-likeness (QED) is 0.849. The van der Waals surface area contributed by atoms with Crippen LogP contribution in [0.25, 0.3) is 0 Å². The third-order valence-corrected chi connectivity index (χ3v) is 3.74. The third-order valence-electron chi connectivity index (χ3n) is 3.74. The first-order valence-electron chi connectivity index (χ1n) is 6.81. The van der Waals surface area contributed by atoms with Gasteiger partial charge in [-0.25, -0.2) is 0 Å². The Hall–Kier alpha value is -1.55. The Balaban J connectivity index is 1.84. The maximum Gasteiger partial charge on any atom is 0.223 e. The molecule has 0 aromatic heterocycles. The number of nitrogens with zero attached hydrogens (tertiary/aromatic N) is 1. The Bertz CT molecular complexity index is 424. The van der Waals surface area contributed by atoms with Crippen LogP contribution in [0.15, 0.2) is 24.3 Å². The van der Waals surface area contributed by atoms with Gasteiger partial charge in [0, 0.05) is 32.2 Å². The highest BCUT2D eigenvalue weighted by molar-refractivity contribution is 5.79. The van der Waals surface area contributed by atoms with Crippen LogP contribution in [-0.2, 0) is 4.79 Å². The van der Waals surface area contributed by atoms with Crippen LogP contribution in [0.5, 0.6) is 0 Å². The first-order chi connectivity index (χ1) is 9.08. The monoisotopic (exact) mass is 262 g/mol. The second-order valence-electron chi connectivity index (χ2n) is 5.37. The maximum atomic E-state index is 11.7. The highest BCUT2D eigenvalue weighted by atomic mass is 16.3. The minimum Gasteiger partial charge on any atom is -0.387 e. The molecule has 2 rings (SSSR count). The van der Waals surface area contributed by atoms with Crippen LogP contribution >= 0.6 is 0 Å². The van der Waals surface area contributed by atoms with Crippen molar-refractivity contribution in [2.24, 2.45) is 5.92 Å². The summed E-state index contributed by atoms with van der Waals surface area (Å²) >= 11 is 0. The SMILES string of the molecule is CN(C)c1ccc(C(O)CNC(=O)C2CCC2)cc1. The van der Waals surface area contributed by atoms with Gasteiger partial charge in [0.25, 0.3) is 0 Å². The van der Waals surface area contributed by atoms with Gasteiger partial charge in [-0.3, -0.25) is 4.79 Å². The zero-order chi connectivity index (χ0) is 13.8. The predicted molar refractivity (Wildman–Crippen MR) is 76.1 cm³/mol. The minimum absolute atomic E-state index is 0.0789. The number of carbonyl (C=O) groups excluding carboxylic acids is 1. The standard InChI is InChI=1S/C15H22N2O2/c1-17(2)13-8-6-11(7-9-13)14(18)10-16-15(19)12-4-3-5-12/h6-9,12,14,18H,3-5,10H2,1-2H3,(H,16,19). The molecule has 1 aromatic rings. The van der Waals surface area contributed by atoms with E-state index < -0.39 is 6.10 Å². The molecular formula is C15H22N2O2. The van der Waals surface area contributed by atoms with Crippen LogP contribution in [0.1, 0.15) is 30.9 Å². The van der Waals surface area contributed by atoms with E-state index in [0.29, 0.717) is 0 Å². The van der Waals surface area contributed by atoms with Crippen molar-refractivity contribution in [3.63, 3.8) is 0 Å². The predicted octanol–water partition coefficient (Wildman–Crippen LogP) is 1.70. The summed E-state index contributed by atoms with van der Waals surface area (Å²) in [6.07, 6.45) is 2.48. The Morgan fingerprint density at radius 2 is 2.00 bits per heavy atom. The van der Waals surface area contributed by atoms with E-state index in [0.717, 1.165) is 30.5 Å². The molecule has 0 spiro atoms. The molecule has 4 heteroatoms. The number of rotatable bonds is 5. The Morgan fingerprint density at radius 3 is 2.47 bits per heavy atom. The molecule has 0 radical (unpaired) electrons. The number of amides is 1. The first-order valence-corrected chi connectivity index (χ1v) is 6.81. The summed E-state index contributed by atoms with van der Waals surface area (Å²) in [4.78, 5) is 13.7. The zero-order valence-electron chi connectivity index (χ0n) is 11.6. The molecule has 1 atom stereocenters. The highest BCUT2D eigenvalue weighted by Gasteiger charge is 2.25. The molecule has 0 saturated heterocycles. The van der Waals surface area contributed by atoms with E-state index in [1.807, 2.05) is 43.3 Å². The summed E-state index contributed by atoms with van der Waals surface area (Å²) in [6.45, 7) is 0.288. The van der Waals surface area contributed by atoms with Gasteiger partial charge in [0.05, 0.1) is 6.10 Å². The lowest BCUT2D eigenvalue weighted by molar-refractivity contribution is -0.127. The smallest absolute Gasteiger partial charge is 0.223 e. The normalized spacial score (nSPS) is 16.6. The summed E-state index contributed by atoms with van der Waals surface area (Å²) in [5.41, 5.74) is 1.92. The average molecular weight is 262 g/mol. The number of aliphatic hydroxyl groups is 1. The fraction of sp³-hybridized carbons (Fsp3) is 0.533. The molecule has 4 nitrogen and oxygen atoms in total. The number of nitrogens with one attached hydrogen (secondary N) is 1. The van der Waals surface area contributed by atoms with Crippen molar-refractivity contribution in [1.29, 1.82) is 0 Å². The van der Waals surface area contributed by atoms with Crippen molar-refractivity contribution in [3.8, 4) is 0 Å². The van der Waals surface area contributed by atoms with E-state index >= 15 is 0 Å². The summed E-state index contributed by atoms with van der Waals surface area (Å²) in [7, 11) is 3.95. The molecule has 104 valence electrons. The van der Waals surface area contributed by atoms with Crippen molar-refractivity contribution in [2.75, 3.05) is 25.5 Å². The Labute approximate surface area is 114 Å². The summed E-state index contributed by atoms with van der Waals surface area (Å²) in [6, 6.07) is 7.73. The molecule has 1 unspecified atom stereocenters. The fourth-order valence-corrected chi connectivity index (χ4v) is 2.12. The molecule has 1 aliphatic carbocycles. The number of anilines is 1. The topological polar surface area (TPSA) is 52.6 Å². The van der Waals surface area contributed by atoms with Gasteiger partial charge in [-0.05, 0) is 30.5 Å². The molecule has 1 saturated carbocycles. The number of aliphatic hydroxyl groups excluding tert-OH is 1. The summed E-state index contributed by atoms with van der Waals surface area (Å²) in [5, 5.41) is 12.9. The molecular weight excluding hydrogens is 240 g/mol. The van der Waals surface area contributed by atoms with E-state index in [2.05, 4.69) is 5.32 Å². The van der Waals surface area contributed by atoms with Crippen LogP contribution in [-0.4, -0.2) is 31.7 Å². The first kappa shape index (κ1) is 13.9. The highest BCUT2D eigenvalue weighted by Crippen LogP contribution is 2.26. The van der Waals surface area contributed by atoms with Crippen LogP contribution in [0.2, 0.25) is 0 Å². The molecule has 1 aliphatic rings. The number of hydrogen-bond donors (Lipinski definition) is 2. The Kier molecular flexibility index (Phi) is 4.43. The minimum atomic E-state index is -0.639. The van der Waals surface area contributed by atoms with Gasteiger partial charge in [0.15, 0.2) is 0 Å². The second kappa shape index (κ2) is 6.06. The van der Waals surface area contributed by atoms with E-state index in [-0.39, 0.29) is 18.4 Å². The lowest BCUT2D eigenvalue weighted by atomic mass is 9.85. The van der Waals surface area contributed by atoms with Crippen LogP contribution in [0.4, 0.5) is 5.69 Å². The molecule has 0 bridgehead atoms. The van der Waals surface area contributed by atoms with Crippen LogP contribution < -0.4 is 10.2 Å². The number of benzene rings is 1. The van der Waals surface area contributed by atoms with Crippen molar-refractivity contribution in [3.05, 3.63) is 29.8 Å². The van der Waals surface area contributed by atoms with Gasteiger partial charge in [0.2, 0.25) is 5.91 Å². The molecule has 0 aliphatic heterocycles. The van der Waals surface area contributed by atoms with E-state index in [1.54, 1.807) is 0 Å². The zero-order valence-corrected chi connectivity index (χ0v) is 11.6. The van der Waals surface area contributed by atoms with Gasteiger partial charge < -0.3 is 15.3 Å². The molecule has 0 heterocycles. The van der Waals surface area contributed by atoms with Crippen LogP contribution in [0, 0.1) is 5.92 Å². The van der Waals surface area contributed by atoms with E-state index in [1.165, 1.54) is 0 Å². The second-order valence-corrected chi connectivity index (χ2v) is 5.37. The Morgan fingerprint density at radius 1 is 1.37 bits per heavy atom. The van der Waals surface area contributed by atoms with Gasteiger partial charge >= 0.3 is 0 Å². The molecule has 1 aromatic carbocycles. The molecule has 2 N–H and O–H groups in total. The average Bonchev–Trinajstić information content (AvgIpc) is 2.34. The van der Waals surface area contributed by atoms with E-state index in [9.17, 15) is 9.90 Å². The lowest BCUT2D eigenvalue weighted by Crippen LogP contribution is -2.36. The number of carbonyl (C=O) groups is 1. The number of hydrogen-bond acceptors (Lipinski definition) is 3.